The van der Waals surface area contributed by atoms with Crippen LogP contribution in [0.3, 0.4) is 0 Å². The number of amides is 2. The minimum atomic E-state index is -0.910. The van der Waals surface area contributed by atoms with Crippen LogP contribution in [0, 0.1) is 13.8 Å². The third-order valence-electron chi connectivity index (χ3n) is 6.34. The summed E-state index contributed by atoms with van der Waals surface area (Å²) in [5.41, 5.74) is 4.75. The van der Waals surface area contributed by atoms with Crippen LogP contribution >= 0.6 is 0 Å². The molecule has 2 heterocycles. The molecule has 8 heteroatoms. The van der Waals surface area contributed by atoms with E-state index in [1.807, 2.05) is 86.6 Å². The summed E-state index contributed by atoms with van der Waals surface area (Å²) in [6.07, 6.45) is 1.55. The van der Waals surface area contributed by atoms with Crippen LogP contribution in [0.15, 0.2) is 95.6 Å². The Morgan fingerprint density at radius 1 is 0.919 bits per heavy atom. The molecule has 3 aromatic carbocycles. The Balaban J connectivity index is 1.54. The molecule has 37 heavy (non-hydrogen) atoms. The molecule has 186 valence electrons. The van der Waals surface area contributed by atoms with Gasteiger partial charge in [-0.1, -0.05) is 65.9 Å². The topological polar surface area (TPSA) is 93.3 Å². The molecule has 0 radical (unpaired) electrons. The summed E-state index contributed by atoms with van der Waals surface area (Å²) in [7, 11) is 0. The number of fused-ring (bicyclic) bond motifs is 1. The highest BCUT2D eigenvalue weighted by Gasteiger charge is 2.33. The van der Waals surface area contributed by atoms with E-state index in [9.17, 15) is 9.59 Å². The Bertz CT molecular complexity index is 1510. The summed E-state index contributed by atoms with van der Waals surface area (Å²) < 4.78 is 7.14. The van der Waals surface area contributed by atoms with E-state index >= 15 is 0 Å². The molecule has 1 N–H and O–H groups in total. The number of anilines is 1. The van der Waals surface area contributed by atoms with Gasteiger partial charge in [-0.15, -0.1) is 5.10 Å². The lowest BCUT2D eigenvalue weighted by molar-refractivity contribution is -0.140. The number of aryl methyl sites for hydroxylation is 2. The molecule has 2 amide bonds. The molecular formula is C29H27N5O3. The van der Waals surface area contributed by atoms with Gasteiger partial charge in [0, 0.05) is 5.69 Å². The van der Waals surface area contributed by atoms with Crippen LogP contribution in [0.1, 0.15) is 28.5 Å². The van der Waals surface area contributed by atoms with Crippen molar-refractivity contribution >= 4 is 28.5 Å². The van der Waals surface area contributed by atoms with Crippen molar-refractivity contribution in [2.45, 2.75) is 33.0 Å². The number of hydrogen-bond donors (Lipinski definition) is 1. The molecule has 0 fully saturated rings. The van der Waals surface area contributed by atoms with Crippen LogP contribution in [-0.2, 0) is 22.7 Å². The highest BCUT2D eigenvalue weighted by molar-refractivity contribution is 5.99. The van der Waals surface area contributed by atoms with Crippen molar-refractivity contribution in [1.29, 1.82) is 0 Å². The number of nitrogens with one attached hydrogen (secondary N) is 1. The lowest BCUT2D eigenvalue weighted by Crippen LogP contribution is -2.42. The molecule has 5 rings (SSSR count). The van der Waals surface area contributed by atoms with Crippen molar-refractivity contribution in [3.05, 3.63) is 114 Å². The number of para-hydroxylation sites is 2. The molecule has 5 aromatic rings. The van der Waals surface area contributed by atoms with E-state index in [2.05, 4.69) is 15.6 Å². The summed E-state index contributed by atoms with van der Waals surface area (Å²) in [5, 5.41) is 11.4. The van der Waals surface area contributed by atoms with Crippen LogP contribution in [0.4, 0.5) is 5.69 Å². The second-order valence-corrected chi connectivity index (χ2v) is 8.91. The van der Waals surface area contributed by atoms with Crippen molar-refractivity contribution in [3.63, 3.8) is 0 Å². The van der Waals surface area contributed by atoms with Gasteiger partial charge in [-0.25, -0.2) is 4.68 Å². The van der Waals surface area contributed by atoms with Gasteiger partial charge in [-0.2, -0.15) is 0 Å². The van der Waals surface area contributed by atoms with Crippen LogP contribution in [0.25, 0.3) is 11.0 Å². The van der Waals surface area contributed by atoms with Gasteiger partial charge in [0.05, 0.1) is 18.3 Å². The molecule has 1 atom stereocenters. The molecule has 0 aliphatic rings. The fourth-order valence-electron chi connectivity index (χ4n) is 4.46. The number of carbonyl (C=O) groups excluding carboxylic acids is 2. The van der Waals surface area contributed by atoms with E-state index in [-0.39, 0.29) is 24.9 Å². The Labute approximate surface area is 214 Å². The third-order valence-corrected chi connectivity index (χ3v) is 6.34. The first-order chi connectivity index (χ1) is 18.0. The Hall–Kier alpha value is -4.72. The van der Waals surface area contributed by atoms with Gasteiger partial charge in [0.25, 0.3) is 5.91 Å². The van der Waals surface area contributed by atoms with E-state index < -0.39 is 6.04 Å². The van der Waals surface area contributed by atoms with Crippen molar-refractivity contribution in [2.24, 2.45) is 0 Å². The van der Waals surface area contributed by atoms with Crippen molar-refractivity contribution in [3.8, 4) is 0 Å². The average molecular weight is 494 g/mol. The lowest BCUT2D eigenvalue weighted by atomic mass is 10.0. The van der Waals surface area contributed by atoms with E-state index in [0.29, 0.717) is 16.8 Å². The Morgan fingerprint density at radius 2 is 1.65 bits per heavy atom. The molecule has 0 unspecified atom stereocenters. The summed E-state index contributed by atoms with van der Waals surface area (Å²) in [5.74, 6) is -0.0397. The largest absolute Gasteiger partial charge is 0.467 e. The van der Waals surface area contributed by atoms with Gasteiger partial charge >= 0.3 is 0 Å². The molecule has 0 aliphatic carbocycles. The van der Waals surface area contributed by atoms with E-state index in [1.165, 1.54) is 4.90 Å². The molecule has 0 saturated carbocycles. The summed E-state index contributed by atoms with van der Waals surface area (Å²) in [4.78, 5) is 29.4. The maximum Gasteiger partial charge on any atom is 0.251 e. The maximum atomic E-state index is 13.9. The van der Waals surface area contributed by atoms with Gasteiger partial charge in [0.1, 0.15) is 23.9 Å². The van der Waals surface area contributed by atoms with Crippen molar-refractivity contribution in [1.82, 2.24) is 19.9 Å². The van der Waals surface area contributed by atoms with Crippen LogP contribution in [0.5, 0.6) is 0 Å². The number of furan rings is 1. The first kappa shape index (κ1) is 24.0. The summed E-state index contributed by atoms with van der Waals surface area (Å²) in [6.45, 7) is 3.92. The maximum absolute atomic E-state index is 13.9. The van der Waals surface area contributed by atoms with Gasteiger partial charge in [-0.3, -0.25) is 9.59 Å². The first-order valence-corrected chi connectivity index (χ1v) is 12.0. The summed E-state index contributed by atoms with van der Waals surface area (Å²) in [6, 6.07) is 25.2. The second kappa shape index (κ2) is 10.5. The summed E-state index contributed by atoms with van der Waals surface area (Å²) >= 11 is 0. The van der Waals surface area contributed by atoms with Gasteiger partial charge in [0.2, 0.25) is 5.91 Å². The minimum Gasteiger partial charge on any atom is -0.467 e. The van der Waals surface area contributed by atoms with Crippen molar-refractivity contribution in [2.75, 3.05) is 5.32 Å². The number of rotatable bonds is 8. The average Bonchev–Trinajstić information content (AvgIpc) is 3.57. The minimum absolute atomic E-state index is 0.0821. The molecular weight excluding hydrogens is 466 g/mol. The number of carbonyl (C=O) groups is 2. The molecule has 0 aliphatic heterocycles. The molecule has 0 bridgehead atoms. The zero-order chi connectivity index (χ0) is 25.8. The fraction of sp³-hybridized carbons (Fsp3) is 0.172. The zero-order valence-electron chi connectivity index (χ0n) is 20.7. The number of benzene rings is 3. The first-order valence-electron chi connectivity index (χ1n) is 12.0. The standard InChI is InChI=1S/C29H27N5O3/c1-20-10-8-11-21(2)27(20)30-29(36)28(22-12-4-3-5-13-22)33(18-23-14-9-17-37-23)26(35)19-34-25-16-7-6-15-24(25)31-32-34/h3-17,28H,18-19H2,1-2H3,(H,30,36)/t28-/m0/s1. The smallest absolute Gasteiger partial charge is 0.251 e. The SMILES string of the molecule is Cc1cccc(C)c1NC(=O)[C@H](c1ccccc1)N(Cc1ccco1)C(=O)Cn1nnc2ccccc21. The fourth-order valence-corrected chi connectivity index (χ4v) is 4.46. The number of nitrogens with zero attached hydrogens (tertiary/aromatic N) is 4. The second-order valence-electron chi connectivity index (χ2n) is 8.91. The highest BCUT2D eigenvalue weighted by Crippen LogP contribution is 2.28. The van der Waals surface area contributed by atoms with E-state index in [0.717, 1.165) is 22.3 Å². The predicted molar refractivity (Wildman–Crippen MR) is 141 cm³/mol. The molecule has 8 nitrogen and oxygen atoms in total. The van der Waals surface area contributed by atoms with Crippen LogP contribution < -0.4 is 5.32 Å². The molecule has 0 saturated heterocycles. The van der Waals surface area contributed by atoms with Crippen LogP contribution in [-0.4, -0.2) is 31.7 Å². The number of aromatic nitrogens is 3. The van der Waals surface area contributed by atoms with E-state index in [4.69, 9.17) is 4.42 Å². The molecule has 0 spiro atoms. The highest BCUT2D eigenvalue weighted by atomic mass is 16.3. The van der Waals surface area contributed by atoms with Gasteiger partial charge in [-0.05, 0) is 54.8 Å². The Kier molecular flexibility index (Phi) is 6.81. The van der Waals surface area contributed by atoms with E-state index in [1.54, 1.807) is 23.1 Å². The Morgan fingerprint density at radius 3 is 2.38 bits per heavy atom. The van der Waals surface area contributed by atoms with Crippen LogP contribution in [0.2, 0.25) is 0 Å². The zero-order valence-corrected chi connectivity index (χ0v) is 20.7. The predicted octanol–water partition coefficient (Wildman–Crippen LogP) is 5.05. The van der Waals surface area contributed by atoms with Crippen molar-refractivity contribution < 1.29 is 14.0 Å². The normalized spacial score (nSPS) is 11.8. The third kappa shape index (κ3) is 5.13. The monoisotopic (exact) mass is 493 g/mol. The van der Waals surface area contributed by atoms with Gasteiger partial charge < -0.3 is 14.6 Å². The lowest BCUT2D eigenvalue weighted by Gasteiger charge is -2.31. The molecule has 2 aromatic heterocycles. The quantitative estimate of drug-likeness (QED) is 0.327. The van der Waals surface area contributed by atoms with Gasteiger partial charge in [0.15, 0.2) is 0 Å². The number of hydrogen-bond acceptors (Lipinski definition) is 5.